The summed E-state index contributed by atoms with van der Waals surface area (Å²) in [5.41, 5.74) is 3.72. The number of halogens is 2. The highest BCUT2D eigenvalue weighted by molar-refractivity contribution is 6.33. The van der Waals surface area contributed by atoms with E-state index < -0.39 is 23.4 Å². The average molecular weight is 412 g/mol. The number of carboxylic acids is 1. The summed E-state index contributed by atoms with van der Waals surface area (Å²) in [6.45, 7) is 0.100. The van der Waals surface area contributed by atoms with Gasteiger partial charge in [-0.3, -0.25) is 5.32 Å². The zero-order valence-corrected chi connectivity index (χ0v) is 15.7. The summed E-state index contributed by atoms with van der Waals surface area (Å²) in [7, 11) is 0. The van der Waals surface area contributed by atoms with Crippen LogP contribution in [-0.2, 0) is 4.74 Å². The molecule has 0 fully saturated rings. The molecule has 0 saturated carbocycles. The first-order chi connectivity index (χ1) is 14.0. The quantitative estimate of drug-likeness (QED) is 0.591. The maximum absolute atomic E-state index is 13.9. The fourth-order valence-corrected chi connectivity index (χ4v) is 3.89. The van der Waals surface area contributed by atoms with E-state index in [4.69, 9.17) is 21.4 Å². The summed E-state index contributed by atoms with van der Waals surface area (Å²) in [4.78, 5) is 23.2. The molecule has 0 heterocycles. The van der Waals surface area contributed by atoms with Gasteiger partial charge in [-0.25, -0.2) is 14.0 Å². The van der Waals surface area contributed by atoms with Crippen LogP contribution >= 0.6 is 11.6 Å². The third-order valence-electron chi connectivity index (χ3n) is 4.85. The average Bonchev–Trinajstić information content (AvgIpc) is 2.99. The predicted octanol–water partition coefficient (Wildman–Crippen LogP) is 5.54. The van der Waals surface area contributed by atoms with Crippen LogP contribution in [0.3, 0.4) is 0 Å². The van der Waals surface area contributed by atoms with E-state index in [1.54, 1.807) is 0 Å². The van der Waals surface area contributed by atoms with E-state index in [1.165, 1.54) is 0 Å². The van der Waals surface area contributed by atoms with Gasteiger partial charge in [0.25, 0.3) is 0 Å². The Morgan fingerprint density at radius 3 is 2.17 bits per heavy atom. The van der Waals surface area contributed by atoms with Crippen molar-refractivity contribution in [3.8, 4) is 11.1 Å². The maximum atomic E-state index is 13.9. The second-order valence-corrected chi connectivity index (χ2v) is 6.98. The summed E-state index contributed by atoms with van der Waals surface area (Å²) >= 11 is 5.79. The van der Waals surface area contributed by atoms with Crippen LogP contribution in [-0.4, -0.2) is 23.8 Å². The molecule has 3 aromatic rings. The summed E-state index contributed by atoms with van der Waals surface area (Å²) < 4.78 is 19.3. The number of fused-ring (bicyclic) bond motifs is 3. The molecule has 3 aromatic carbocycles. The molecule has 2 N–H and O–H groups in total. The number of aromatic carboxylic acids is 1. The van der Waals surface area contributed by atoms with E-state index in [0.29, 0.717) is 0 Å². The van der Waals surface area contributed by atoms with Gasteiger partial charge in [0.05, 0.1) is 5.02 Å². The molecular weight excluding hydrogens is 397 g/mol. The molecule has 1 aliphatic rings. The number of carbonyl (C=O) groups is 2. The fourth-order valence-electron chi connectivity index (χ4n) is 3.60. The van der Waals surface area contributed by atoms with Gasteiger partial charge in [-0.1, -0.05) is 60.1 Å². The van der Waals surface area contributed by atoms with Crippen molar-refractivity contribution in [3.05, 3.63) is 88.2 Å². The summed E-state index contributed by atoms with van der Waals surface area (Å²) in [5.74, 6) is -2.64. The van der Waals surface area contributed by atoms with Crippen molar-refractivity contribution < 1.29 is 23.8 Å². The van der Waals surface area contributed by atoms with Gasteiger partial charge in [-0.2, -0.15) is 0 Å². The Hall–Kier alpha value is -3.38. The zero-order valence-electron chi connectivity index (χ0n) is 15.0. The Kier molecular flexibility index (Phi) is 4.94. The molecule has 0 aliphatic heterocycles. The van der Waals surface area contributed by atoms with Gasteiger partial charge in [0, 0.05) is 11.6 Å². The lowest BCUT2D eigenvalue weighted by molar-refractivity contribution is 0.0692. The number of benzene rings is 3. The van der Waals surface area contributed by atoms with Gasteiger partial charge in [-0.15, -0.1) is 0 Å². The minimum Gasteiger partial charge on any atom is -0.478 e. The number of amides is 1. The Morgan fingerprint density at radius 1 is 1.03 bits per heavy atom. The van der Waals surface area contributed by atoms with Crippen LogP contribution in [0, 0.1) is 5.82 Å². The van der Waals surface area contributed by atoms with Crippen LogP contribution in [0.5, 0.6) is 0 Å². The van der Waals surface area contributed by atoms with E-state index in [9.17, 15) is 14.0 Å². The van der Waals surface area contributed by atoms with Crippen LogP contribution in [0.2, 0.25) is 5.02 Å². The first-order valence-corrected chi connectivity index (χ1v) is 9.18. The molecule has 4 rings (SSSR count). The number of anilines is 1. The molecule has 1 aliphatic carbocycles. The Bertz CT molecular complexity index is 1060. The molecule has 7 heteroatoms. The molecule has 0 bridgehead atoms. The SMILES string of the molecule is O=C(Nc1cc(F)c(C(=O)O)c(Cl)c1)OCC1c2ccccc2-c2ccccc21. The lowest BCUT2D eigenvalue weighted by Gasteiger charge is -2.15. The molecule has 0 spiro atoms. The van der Waals surface area contributed by atoms with Gasteiger partial charge in [0.1, 0.15) is 18.0 Å². The van der Waals surface area contributed by atoms with Crippen molar-refractivity contribution in [1.82, 2.24) is 0 Å². The molecule has 146 valence electrons. The van der Waals surface area contributed by atoms with E-state index in [-0.39, 0.29) is 23.2 Å². The lowest BCUT2D eigenvalue weighted by atomic mass is 9.98. The normalized spacial score (nSPS) is 12.2. The third-order valence-corrected chi connectivity index (χ3v) is 5.14. The zero-order chi connectivity index (χ0) is 20.5. The van der Waals surface area contributed by atoms with Gasteiger partial charge >= 0.3 is 12.1 Å². The van der Waals surface area contributed by atoms with E-state index >= 15 is 0 Å². The highest BCUT2D eigenvalue weighted by Crippen LogP contribution is 2.44. The number of carboxylic acid groups (broad SMARTS) is 1. The number of rotatable bonds is 4. The Labute approximate surface area is 170 Å². The third kappa shape index (κ3) is 3.54. The number of hydrogen-bond donors (Lipinski definition) is 2. The van der Waals surface area contributed by atoms with Crippen LogP contribution < -0.4 is 5.32 Å². The summed E-state index contributed by atoms with van der Waals surface area (Å²) in [6.07, 6.45) is -0.787. The molecular formula is C22H15ClFNO4. The maximum Gasteiger partial charge on any atom is 0.411 e. The minimum absolute atomic E-state index is 0.00900. The number of ether oxygens (including phenoxy) is 1. The molecule has 0 radical (unpaired) electrons. The summed E-state index contributed by atoms with van der Waals surface area (Å²) in [6, 6.07) is 17.9. The fraction of sp³-hybridized carbons (Fsp3) is 0.0909. The Morgan fingerprint density at radius 2 is 1.62 bits per heavy atom. The van der Waals surface area contributed by atoms with Crippen LogP contribution in [0.25, 0.3) is 11.1 Å². The smallest absolute Gasteiger partial charge is 0.411 e. The molecule has 29 heavy (non-hydrogen) atoms. The lowest BCUT2D eigenvalue weighted by Crippen LogP contribution is -2.18. The largest absolute Gasteiger partial charge is 0.478 e. The Balaban J connectivity index is 1.49. The van der Waals surface area contributed by atoms with Crippen molar-refractivity contribution in [3.63, 3.8) is 0 Å². The van der Waals surface area contributed by atoms with E-state index in [1.807, 2.05) is 48.5 Å². The molecule has 0 saturated heterocycles. The minimum atomic E-state index is -1.49. The van der Waals surface area contributed by atoms with Crippen molar-refractivity contribution in [2.24, 2.45) is 0 Å². The van der Waals surface area contributed by atoms with Crippen LogP contribution in [0.4, 0.5) is 14.9 Å². The first kappa shape index (κ1) is 19.0. The van der Waals surface area contributed by atoms with E-state index in [2.05, 4.69) is 5.32 Å². The highest BCUT2D eigenvalue weighted by atomic mass is 35.5. The van der Waals surface area contributed by atoms with E-state index in [0.717, 1.165) is 34.4 Å². The monoisotopic (exact) mass is 411 g/mol. The molecule has 1 amide bonds. The van der Waals surface area contributed by atoms with Gasteiger partial charge < -0.3 is 9.84 Å². The number of carbonyl (C=O) groups excluding carboxylic acids is 1. The van der Waals surface area contributed by atoms with Crippen LogP contribution in [0.1, 0.15) is 27.4 Å². The molecule has 5 nitrogen and oxygen atoms in total. The highest BCUT2D eigenvalue weighted by Gasteiger charge is 2.29. The second kappa shape index (κ2) is 7.56. The topological polar surface area (TPSA) is 75.6 Å². The molecule has 0 atom stereocenters. The first-order valence-electron chi connectivity index (χ1n) is 8.80. The van der Waals surface area contributed by atoms with Gasteiger partial charge in [0.2, 0.25) is 0 Å². The molecule has 0 unspecified atom stereocenters. The van der Waals surface area contributed by atoms with Crippen molar-refractivity contribution in [2.75, 3.05) is 11.9 Å². The number of nitrogens with one attached hydrogen (secondary N) is 1. The van der Waals surface area contributed by atoms with Crippen molar-refractivity contribution in [2.45, 2.75) is 5.92 Å². The predicted molar refractivity (Wildman–Crippen MR) is 107 cm³/mol. The van der Waals surface area contributed by atoms with Crippen molar-refractivity contribution >= 4 is 29.4 Å². The summed E-state index contributed by atoms with van der Waals surface area (Å²) in [5, 5.41) is 11.0. The standard InChI is InChI=1S/C22H15ClFNO4/c23-18-9-12(10-19(24)20(18)21(26)27)25-22(28)29-11-17-15-7-3-1-5-13(15)14-6-2-4-8-16(14)17/h1-10,17H,11H2,(H,25,28)(H,26,27). The van der Waals surface area contributed by atoms with Crippen molar-refractivity contribution in [1.29, 1.82) is 0 Å². The van der Waals surface area contributed by atoms with Crippen LogP contribution in [0.15, 0.2) is 60.7 Å². The molecule has 0 aromatic heterocycles. The van der Waals surface area contributed by atoms with Gasteiger partial charge in [-0.05, 0) is 34.4 Å². The van der Waals surface area contributed by atoms with Gasteiger partial charge in [0.15, 0.2) is 0 Å². The number of hydrogen-bond acceptors (Lipinski definition) is 3. The second-order valence-electron chi connectivity index (χ2n) is 6.57.